The molecule has 0 saturated carbocycles. The van der Waals surface area contributed by atoms with Gasteiger partial charge < -0.3 is 5.41 Å². The summed E-state index contributed by atoms with van der Waals surface area (Å²) in [6.45, 7) is 2.11. The summed E-state index contributed by atoms with van der Waals surface area (Å²) in [4.78, 5) is 0. The van der Waals surface area contributed by atoms with Crippen molar-refractivity contribution in [2.45, 2.75) is 19.3 Å². The van der Waals surface area contributed by atoms with Crippen molar-refractivity contribution in [3.05, 3.63) is 70.7 Å². The van der Waals surface area contributed by atoms with Crippen molar-refractivity contribution in [3.8, 4) is 0 Å². The number of hydrogen-bond donors (Lipinski definition) is 1. The van der Waals surface area contributed by atoms with E-state index in [1.165, 1.54) is 5.56 Å². The van der Waals surface area contributed by atoms with E-state index in [1.54, 1.807) is 0 Å². The topological polar surface area (TPSA) is 23.9 Å². The van der Waals surface area contributed by atoms with Gasteiger partial charge in [-0.25, -0.2) is 0 Å². The van der Waals surface area contributed by atoms with Gasteiger partial charge in [0.25, 0.3) is 0 Å². The van der Waals surface area contributed by atoms with Crippen LogP contribution in [0.3, 0.4) is 0 Å². The Labute approximate surface area is 113 Å². The van der Waals surface area contributed by atoms with Crippen LogP contribution in [0.15, 0.2) is 54.6 Å². The van der Waals surface area contributed by atoms with Gasteiger partial charge in [0.2, 0.25) is 0 Å². The third kappa shape index (κ3) is 2.80. The molecule has 0 bridgehead atoms. The quantitative estimate of drug-likeness (QED) is 0.753. The van der Waals surface area contributed by atoms with Crippen LogP contribution >= 0.6 is 11.6 Å². The van der Waals surface area contributed by atoms with Crippen LogP contribution in [0.25, 0.3) is 0 Å². The zero-order valence-electron chi connectivity index (χ0n) is 10.4. The van der Waals surface area contributed by atoms with Crippen LogP contribution in [-0.2, 0) is 0 Å². The van der Waals surface area contributed by atoms with Gasteiger partial charge in [0.1, 0.15) is 0 Å². The highest BCUT2D eigenvalue weighted by Crippen LogP contribution is 2.24. The molecule has 1 N–H and O–H groups in total. The molecule has 1 unspecified atom stereocenters. The molecule has 0 aliphatic rings. The van der Waals surface area contributed by atoms with E-state index in [0.717, 1.165) is 12.0 Å². The van der Waals surface area contributed by atoms with Crippen LogP contribution in [0, 0.1) is 5.41 Å². The van der Waals surface area contributed by atoms with E-state index < -0.39 is 0 Å². The van der Waals surface area contributed by atoms with Gasteiger partial charge in [0, 0.05) is 16.7 Å². The summed E-state index contributed by atoms with van der Waals surface area (Å²) in [6.07, 6.45) is 0.922. The lowest BCUT2D eigenvalue weighted by molar-refractivity contribution is 0.839. The maximum absolute atomic E-state index is 8.35. The Morgan fingerprint density at radius 1 is 1.06 bits per heavy atom. The lowest BCUT2D eigenvalue weighted by Gasteiger charge is -2.17. The molecule has 0 radical (unpaired) electrons. The van der Waals surface area contributed by atoms with Gasteiger partial charge in [-0.3, -0.25) is 0 Å². The third-order valence-corrected chi connectivity index (χ3v) is 3.37. The fourth-order valence-corrected chi connectivity index (χ4v) is 2.25. The molecule has 0 aliphatic carbocycles. The van der Waals surface area contributed by atoms with E-state index >= 15 is 0 Å². The average molecular weight is 258 g/mol. The number of rotatable bonds is 4. The molecule has 0 aromatic heterocycles. The van der Waals surface area contributed by atoms with Crippen molar-refractivity contribution in [3.63, 3.8) is 0 Å². The minimum absolute atomic E-state index is 0.146. The summed E-state index contributed by atoms with van der Waals surface area (Å²) in [5.74, 6) is 0.146. The van der Waals surface area contributed by atoms with Crippen molar-refractivity contribution in [1.82, 2.24) is 0 Å². The maximum Gasteiger partial charge on any atom is 0.0460 e. The summed E-state index contributed by atoms with van der Waals surface area (Å²) in [6, 6.07) is 17.7. The Bertz CT molecular complexity index is 517. The van der Waals surface area contributed by atoms with Gasteiger partial charge in [-0.15, -0.1) is 0 Å². The van der Waals surface area contributed by atoms with Crippen LogP contribution < -0.4 is 0 Å². The molecule has 0 saturated heterocycles. The molecule has 0 aliphatic heterocycles. The number of hydrogen-bond acceptors (Lipinski definition) is 1. The molecule has 2 aromatic rings. The van der Waals surface area contributed by atoms with E-state index in [-0.39, 0.29) is 5.92 Å². The van der Waals surface area contributed by atoms with Crippen LogP contribution in [0.5, 0.6) is 0 Å². The Hall–Kier alpha value is -1.60. The highest BCUT2D eigenvalue weighted by Gasteiger charge is 2.16. The molecule has 2 aromatic carbocycles. The van der Waals surface area contributed by atoms with Gasteiger partial charge in [0.15, 0.2) is 0 Å². The third-order valence-electron chi connectivity index (χ3n) is 3.11. The molecule has 92 valence electrons. The van der Waals surface area contributed by atoms with Gasteiger partial charge >= 0.3 is 0 Å². The summed E-state index contributed by atoms with van der Waals surface area (Å²) in [7, 11) is 0. The van der Waals surface area contributed by atoms with Crippen LogP contribution in [-0.4, -0.2) is 5.71 Å². The highest BCUT2D eigenvalue weighted by atomic mass is 35.5. The summed E-state index contributed by atoms with van der Waals surface area (Å²) in [5, 5.41) is 9.06. The first kappa shape index (κ1) is 12.8. The molecule has 1 nitrogen and oxygen atoms in total. The summed E-state index contributed by atoms with van der Waals surface area (Å²) >= 11 is 5.88. The molecule has 2 heteroatoms. The van der Waals surface area contributed by atoms with Gasteiger partial charge in [0.05, 0.1) is 0 Å². The molecule has 0 fully saturated rings. The number of halogens is 1. The first-order chi connectivity index (χ1) is 8.72. The predicted octanol–water partition coefficient (Wildman–Crippen LogP) is 4.90. The molecular formula is C16H16ClN. The summed E-state index contributed by atoms with van der Waals surface area (Å²) in [5.41, 5.74) is 2.79. The normalized spacial score (nSPS) is 12.1. The minimum atomic E-state index is 0.146. The fourth-order valence-electron chi connectivity index (χ4n) is 2.12. The fraction of sp³-hybridized carbons (Fsp3) is 0.188. The van der Waals surface area contributed by atoms with E-state index in [1.807, 2.05) is 42.5 Å². The first-order valence-electron chi connectivity index (χ1n) is 6.11. The van der Waals surface area contributed by atoms with Crippen LogP contribution in [0.4, 0.5) is 0 Å². The van der Waals surface area contributed by atoms with Crippen LogP contribution in [0.1, 0.15) is 30.4 Å². The number of benzene rings is 2. The molecule has 0 heterocycles. The van der Waals surface area contributed by atoms with Crippen molar-refractivity contribution in [2.24, 2.45) is 0 Å². The molecule has 0 amide bonds. The van der Waals surface area contributed by atoms with Crippen molar-refractivity contribution in [2.75, 3.05) is 0 Å². The second kappa shape index (κ2) is 5.83. The Balaban J connectivity index is 2.28. The lowest BCUT2D eigenvalue weighted by Crippen LogP contribution is -2.12. The molecule has 2 rings (SSSR count). The van der Waals surface area contributed by atoms with Gasteiger partial charge in [-0.2, -0.15) is 0 Å². The largest absolute Gasteiger partial charge is 0.304 e. The monoisotopic (exact) mass is 257 g/mol. The smallest absolute Gasteiger partial charge is 0.0460 e. The molecular weight excluding hydrogens is 242 g/mol. The molecule has 0 spiro atoms. The summed E-state index contributed by atoms with van der Waals surface area (Å²) < 4.78 is 0. The standard InChI is InChI=1S/C16H16ClN/c1-2-15(12-6-4-3-5-7-12)16(18)13-8-10-14(17)11-9-13/h3-11,15,18H,2H2,1H3. The number of nitrogens with one attached hydrogen (secondary N) is 1. The Morgan fingerprint density at radius 2 is 1.67 bits per heavy atom. The van der Waals surface area contributed by atoms with E-state index in [0.29, 0.717) is 10.7 Å². The Morgan fingerprint density at radius 3 is 2.22 bits per heavy atom. The highest BCUT2D eigenvalue weighted by molar-refractivity contribution is 6.30. The average Bonchev–Trinajstić information content (AvgIpc) is 2.41. The maximum atomic E-state index is 8.35. The van der Waals surface area contributed by atoms with E-state index in [9.17, 15) is 0 Å². The molecule has 1 atom stereocenters. The first-order valence-corrected chi connectivity index (χ1v) is 6.49. The zero-order chi connectivity index (χ0) is 13.0. The second-order valence-corrected chi connectivity index (χ2v) is 4.73. The van der Waals surface area contributed by atoms with Crippen molar-refractivity contribution < 1.29 is 0 Å². The van der Waals surface area contributed by atoms with Crippen molar-refractivity contribution >= 4 is 17.3 Å². The van der Waals surface area contributed by atoms with Gasteiger partial charge in [-0.1, -0.05) is 61.0 Å². The SMILES string of the molecule is CCC(C(=N)c1ccc(Cl)cc1)c1ccccc1. The zero-order valence-corrected chi connectivity index (χ0v) is 11.1. The minimum Gasteiger partial charge on any atom is -0.304 e. The predicted molar refractivity (Wildman–Crippen MR) is 77.8 cm³/mol. The Kier molecular flexibility index (Phi) is 4.16. The molecule has 18 heavy (non-hydrogen) atoms. The lowest BCUT2D eigenvalue weighted by atomic mass is 9.88. The van der Waals surface area contributed by atoms with Gasteiger partial charge in [-0.05, 0) is 29.7 Å². The van der Waals surface area contributed by atoms with Crippen molar-refractivity contribution in [1.29, 1.82) is 5.41 Å². The second-order valence-electron chi connectivity index (χ2n) is 4.29. The van der Waals surface area contributed by atoms with Crippen LogP contribution in [0.2, 0.25) is 5.02 Å². The van der Waals surface area contributed by atoms with E-state index in [2.05, 4.69) is 19.1 Å². The van der Waals surface area contributed by atoms with E-state index in [4.69, 9.17) is 17.0 Å².